The van der Waals surface area contributed by atoms with Crippen LogP contribution in [0, 0.1) is 0 Å². The first-order valence-electron chi connectivity index (χ1n) is 7.36. The van der Waals surface area contributed by atoms with Gasteiger partial charge in [0.1, 0.15) is 5.69 Å². The van der Waals surface area contributed by atoms with E-state index < -0.39 is 0 Å². The molecule has 0 aliphatic carbocycles. The van der Waals surface area contributed by atoms with Crippen LogP contribution in [-0.2, 0) is 17.8 Å². The number of nitrogens with zero attached hydrogens (tertiary/aromatic N) is 2. The van der Waals surface area contributed by atoms with Gasteiger partial charge in [-0.1, -0.05) is 18.2 Å². The van der Waals surface area contributed by atoms with Gasteiger partial charge in [0, 0.05) is 31.8 Å². The topological polar surface area (TPSA) is 87.7 Å². The number of rotatable bonds is 5. The quantitative estimate of drug-likeness (QED) is 0.749. The van der Waals surface area contributed by atoms with Crippen LogP contribution in [0.25, 0.3) is 11.0 Å². The van der Waals surface area contributed by atoms with Crippen LogP contribution < -0.4 is 10.9 Å². The highest BCUT2D eigenvalue weighted by atomic mass is 16.1. The van der Waals surface area contributed by atoms with Crippen LogP contribution in [0.15, 0.2) is 53.6 Å². The highest BCUT2D eigenvalue weighted by Gasteiger charge is 2.08. The number of fused-ring (bicyclic) bond motifs is 1. The molecular formula is C17H16N4O2. The molecule has 116 valence electrons. The van der Waals surface area contributed by atoms with Crippen molar-refractivity contribution in [3.8, 4) is 0 Å². The summed E-state index contributed by atoms with van der Waals surface area (Å²) in [6.45, 7) is 0.425. The van der Waals surface area contributed by atoms with Crippen molar-refractivity contribution in [1.82, 2.24) is 20.3 Å². The maximum absolute atomic E-state index is 12.0. The van der Waals surface area contributed by atoms with Crippen molar-refractivity contribution < 1.29 is 4.79 Å². The highest BCUT2D eigenvalue weighted by Crippen LogP contribution is 2.06. The lowest BCUT2D eigenvalue weighted by atomic mass is 10.2. The molecule has 23 heavy (non-hydrogen) atoms. The van der Waals surface area contributed by atoms with E-state index in [4.69, 9.17) is 0 Å². The molecule has 1 amide bonds. The summed E-state index contributed by atoms with van der Waals surface area (Å²) < 4.78 is 0. The van der Waals surface area contributed by atoms with Crippen LogP contribution >= 0.6 is 0 Å². The van der Waals surface area contributed by atoms with Gasteiger partial charge in [0.25, 0.3) is 5.56 Å². The third kappa shape index (κ3) is 3.79. The number of hydrogen-bond acceptors (Lipinski definition) is 4. The predicted molar refractivity (Wildman–Crippen MR) is 86.8 cm³/mol. The average Bonchev–Trinajstić information content (AvgIpc) is 2.59. The van der Waals surface area contributed by atoms with Crippen LogP contribution in [-0.4, -0.2) is 20.9 Å². The molecule has 0 fully saturated rings. The minimum Gasteiger partial charge on any atom is -0.352 e. The van der Waals surface area contributed by atoms with Gasteiger partial charge < -0.3 is 10.3 Å². The molecule has 2 heterocycles. The van der Waals surface area contributed by atoms with Crippen molar-refractivity contribution in [3.63, 3.8) is 0 Å². The van der Waals surface area contributed by atoms with E-state index in [1.807, 2.05) is 30.3 Å². The molecule has 0 aliphatic heterocycles. The van der Waals surface area contributed by atoms with Crippen molar-refractivity contribution in [1.29, 1.82) is 0 Å². The van der Waals surface area contributed by atoms with E-state index in [0.717, 1.165) is 11.1 Å². The van der Waals surface area contributed by atoms with E-state index >= 15 is 0 Å². The second-order valence-corrected chi connectivity index (χ2v) is 5.17. The van der Waals surface area contributed by atoms with Gasteiger partial charge in [-0.3, -0.25) is 14.6 Å². The number of aromatic nitrogens is 3. The fraction of sp³-hybridized carbons (Fsp3) is 0.176. The Bertz CT molecular complexity index is 874. The summed E-state index contributed by atoms with van der Waals surface area (Å²) in [5.41, 5.74) is 2.48. The fourth-order valence-corrected chi connectivity index (χ4v) is 2.26. The number of aryl methyl sites for hydroxylation is 1. The molecule has 0 atom stereocenters. The monoisotopic (exact) mass is 308 g/mol. The van der Waals surface area contributed by atoms with Gasteiger partial charge in [0.05, 0.1) is 11.0 Å². The van der Waals surface area contributed by atoms with Gasteiger partial charge >= 0.3 is 0 Å². The lowest BCUT2D eigenvalue weighted by Gasteiger charge is -2.05. The minimum atomic E-state index is -0.247. The van der Waals surface area contributed by atoms with Gasteiger partial charge in [0.15, 0.2) is 0 Å². The molecule has 6 nitrogen and oxygen atoms in total. The molecular weight excluding hydrogens is 292 g/mol. The third-order valence-corrected chi connectivity index (χ3v) is 3.47. The molecule has 1 aromatic carbocycles. The second-order valence-electron chi connectivity index (χ2n) is 5.17. The molecule has 0 spiro atoms. The number of para-hydroxylation sites is 2. The fourth-order valence-electron chi connectivity index (χ4n) is 2.26. The van der Waals surface area contributed by atoms with Gasteiger partial charge in [-0.25, -0.2) is 4.98 Å². The SMILES string of the molecule is O=C(CCc1nc2ccccc2[nH]c1=O)NCc1cccnc1. The molecule has 2 N–H and O–H groups in total. The first-order valence-corrected chi connectivity index (χ1v) is 7.36. The maximum Gasteiger partial charge on any atom is 0.270 e. The number of H-pyrrole nitrogens is 1. The summed E-state index contributed by atoms with van der Waals surface area (Å²) in [6, 6.07) is 11.0. The molecule has 0 saturated heterocycles. The van der Waals surface area contributed by atoms with Crippen LogP contribution in [0.2, 0.25) is 0 Å². The van der Waals surface area contributed by atoms with Gasteiger partial charge in [-0.2, -0.15) is 0 Å². The summed E-state index contributed by atoms with van der Waals surface area (Å²) in [6.07, 6.45) is 3.91. The van der Waals surface area contributed by atoms with Crippen LogP contribution in [0.1, 0.15) is 17.7 Å². The Labute approximate surface area is 132 Å². The Kier molecular flexibility index (Phi) is 4.42. The van der Waals surface area contributed by atoms with E-state index in [9.17, 15) is 9.59 Å². The Hall–Kier alpha value is -3.02. The summed E-state index contributed by atoms with van der Waals surface area (Å²) in [7, 11) is 0. The molecule has 0 bridgehead atoms. The van der Waals surface area contributed by atoms with Crippen molar-refractivity contribution in [3.05, 3.63) is 70.4 Å². The van der Waals surface area contributed by atoms with Crippen molar-refractivity contribution in [2.24, 2.45) is 0 Å². The van der Waals surface area contributed by atoms with E-state index in [1.54, 1.807) is 18.5 Å². The zero-order valence-corrected chi connectivity index (χ0v) is 12.5. The first-order chi connectivity index (χ1) is 11.2. The number of nitrogens with one attached hydrogen (secondary N) is 2. The lowest BCUT2D eigenvalue weighted by molar-refractivity contribution is -0.121. The van der Waals surface area contributed by atoms with Crippen molar-refractivity contribution in [2.75, 3.05) is 0 Å². The highest BCUT2D eigenvalue weighted by molar-refractivity contribution is 5.76. The Morgan fingerprint density at radius 3 is 2.87 bits per heavy atom. The van der Waals surface area contributed by atoms with E-state index in [-0.39, 0.29) is 17.9 Å². The second kappa shape index (κ2) is 6.83. The Morgan fingerprint density at radius 2 is 2.04 bits per heavy atom. The smallest absolute Gasteiger partial charge is 0.270 e. The van der Waals surface area contributed by atoms with Crippen LogP contribution in [0.4, 0.5) is 0 Å². The molecule has 0 radical (unpaired) electrons. The summed E-state index contributed by atoms with van der Waals surface area (Å²) >= 11 is 0. The standard InChI is InChI=1S/C17H16N4O2/c22-16(19-11-12-4-3-9-18-10-12)8-7-15-17(23)21-14-6-2-1-5-13(14)20-15/h1-6,9-10H,7-8,11H2,(H,19,22)(H,21,23). The molecule has 0 unspecified atom stereocenters. The molecule has 2 aromatic heterocycles. The van der Waals surface area contributed by atoms with Gasteiger partial charge in [-0.15, -0.1) is 0 Å². The summed E-state index contributed by atoms with van der Waals surface area (Å²) in [4.78, 5) is 35.0. The first kappa shape index (κ1) is 14.9. The van der Waals surface area contributed by atoms with Crippen LogP contribution in [0.3, 0.4) is 0 Å². The number of benzene rings is 1. The minimum absolute atomic E-state index is 0.122. The largest absolute Gasteiger partial charge is 0.352 e. The normalized spacial score (nSPS) is 10.6. The molecule has 0 saturated carbocycles. The number of pyridine rings is 1. The average molecular weight is 308 g/mol. The molecule has 6 heteroatoms. The molecule has 0 aliphatic rings. The zero-order chi connectivity index (χ0) is 16.1. The van der Waals surface area contributed by atoms with Gasteiger partial charge in [-0.05, 0) is 23.8 Å². The Morgan fingerprint density at radius 1 is 1.17 bits per heavy atom. The Balaban J connectivity index is 1.60. The van der Waals surface area contributed by atoms with Crippen molar-refractivity contribution in [2.45, 2.75) is 19.4 Å². The van der Waals surface area contributed by atoms with E-state index in [0.29, 0.717) is 24.2 Å². The number of hydrogen-bond donors (Lipinski definition) is 2. The van der Waals surface area contributed by atoms with Crippen molar-refractivity contribution >= 4 is 16.9 Å². The van der Waals surface area contributed by atoms with E-state index in [1.165, 1.54) is 0 Å². The maximum atomic E-state index is 12.0. The summed E-state index contributed by atoms with van der Waals surface area (Å²) in [5, 5.41) is 2.81. The lowest BCUT2D eigenvalue weighted by Crippen LogP contribution is -2.24. The molecule has 3 aromatic rings. The number of carbonyl (C=O) groups excluding carboxylic acids is 1. The molecule has 3 rings (SSSR count). The number of amides is 1. The predicted octanol–water partition coefficient (Wildman–Crippen LogP) is 1.57. The number of aromatic amines is 1. The van der Waals surface area contributed by atoms with Crippen LogP contribution in [0.5, 0.6) is 0 Å². The number of carbonyl (C=O) groups is 1. The van der Waals surface area contributed by atoms with Gasteiger partial charge in [0.2, 0.25) is 5.91 Å². The third-order valence-electron chi connectivity index (χ3n) is 3.47. The zero-order valence-electron chi connectivity index (χ0n) is 12.5. The summed E-state index contributed by atoms with van der Waals surface area (Å²) in [5.74, 6) is -0.122. The van der Waals surface area contributed by atoms with E-state index in [2.05, 4.69) is 20.3 Å².